The topological polar surface area (TPSA) is 97.0 Å². The second kappa shape index (κ2) is 7.85. The second-order valence-corrected chi connectivity index (χ2v) is 8.92. The molecule has 0 aliphatic carbocycles. The summed E-state index contributed by atoms with van der Waals surface area (Å²) in [5.41, 5.74) is -4.81. The van der Waals surface area contributed by atoms with Gasteiger partial charge in [-0.3, -0.25) is 14.6 Å². The summed E-state index contributed by atoms with van der Waals surface area (Å²) in [4.78, 5) is 29.7. The first-order valence-corrected chi connectivity index (χ1v) is 10.3. The van der Waals surface area contributed by atoms with Crippen molar-refractivity contribution in [2.75, 3.05) is 6.26 Å². The Hall–Kier alpha value is -2.14. The van der Waals surface area contributed by atoms with E-state index in [0.29, 0.717) is 5.56 Å². The van der Waals surface area contributed by atoms with Crippen LogP contribution in [0, 0.1) is 0 Å². The Labute approximate surface area is 157 Å². The average molecular weight is 420 g/mol. The molecule has 1 N–H and O–H groups in total. The van der Waals surface area contributed by atoms with Crippen molar-refractivity contribution in [3.05, 3.63) is 51.9 Å². The van der Waals surface area contributed by atoms with Gasteiger partial charge >= 0.3 is 5.51 Å². The van der Waals surface area contributed by atoms with Crippen molar-refractivity contribution in [3.8, 4) is 0 Å². The minimum Gasteiger partial charge on any atom is -0.297 e. The number of alkyl halides is 3. The third-order valence-electron chi connectivity index (χ3n) is 3.53. The predicted octanol–water partition coefficient (Wildman–Crippen LogP) is 3.16. The molecule has 11 heteroatoms. The van der Waals surface area contributed by atoms with E-state index in [9.17, 15) is 31.2 Å². The number of carbonyl (C=O) groups excluding carboxylic acids is 1. The fraction of sp³-hybridized carbons (Fsp3) is 0.312. The molecule has 0 saturated heterocycles. The van der Waals surface area contributed by atoms with Gasteiger partial charge in [-0.2, -0.15) is 13.2 Å². The van der Waals surface area contributed by atoms with Crippen LogP contribution in [0.1, 0.15) is 35.3 Å². The van der Waals surface area contributed by atoms with Gasteiger partial charge in [-0.1, -0.05) is 19.1 Å². The molecule has 0 spiro atoms. The zero-order chi connectivity index (χ0) is 20.4. The quantitative estimate of drug-likeness (QED) is 0.438. The maximum Gasteiger partial charge on any atom is 0.446 e. The van der Waals surface area contributed by atoms with Gasteiger partial charge in [-0.15, -0.1) is 0 Å². The van der Waals surface area contributed by atoms with Gasteiger partial charge in [0.15, 0.2) is 5.78 Å². The van der Waals surface area contributed by atoms with Crippen molar-refractivity contribution < 1.29 is 26.4 Å². The van der Waals surface area contributed by atoms with Crippen molar-refractivity contribution in [3.63, 3.8) is 0 Å². The number of hydrogen-bond acceptors (Lipinski definition) is 6. The predicted molar refractivity (Wildman–Crippen MR) is 93.7 cm³/mol. The zero-order valence-electron chi connectivity index (χ0n) is 14.2. The van der Waals surface area contributed by atoms with Gasteiger partial charge in [0, 0.05) is 23.6 Å². The van der Waals surface area contributed by atoms with Crippen molar-refractivity contribution in [1.82, 2.24) is 9.97 Å². The highest BCUT2D eigenvalue weighted by molar-refractivity contribution is 8.00. The SMILES string of the molecule is C[C@@H](CC(=O)c1cc(=O)[nH]c(S(C)(=O)=O)n1)c1ccc(SC(F)(F)F)cc1. The average Bonchev–Trinajstić information content (AvgIpc) is 2.52. The molecule has 1 aromatic carbocycles. The Kier molecular flexibility index (Phi) is 6.15. The molecule has 6 nitrogen and oxygen atoms in total. The van der Waals surface area contributed by atoms with E-state index in [1.54, 1.807) is 6.92 Å². The number of rotatable bonds is 6. The molecule has 0 unspecified atom stereocenters. The Morgan fingerprint density at radius 2 is 1.85 bits per heavy atom. The fourth-order valence-corrected chi connectivity index (χ4v) is 3.34. The summed E-state index contributed by atoms with van der Waals surface area (Å²) in [6.07, 6.45) is 0.758. The highest BCUT2D eigenvalue weighted by atomic mass is 32.2. The maximum atomic E-state index is 12.4. The van der Waals surface area contributed by atoms with E-state index in [2.05, 4.69) is 9.97 Å². The fourth-order valence-electron chi connectivity index (χ4n) is 2.25. The molecule has 0 aliphatic rings. The largest absolute Gasteiger partial charge is 0.446 e. The van der Waals surface area contributed by atoms with E-state index in [-0.39, 0.29) is 34.7 Å². The van der Waals surface area contributed by atoms with Crippen LogP contribution >= 0.6 is 11.8 Å². The molecule has 0 saturated carbocycles. The number of nitrogens with one attached hydrogen (secondary N) is 1. The Morgan fingerprint density at radius 3 is 2.37 bits per heavy atom. The number of ketones is 1. The second-order valence-electron chi connectivity index (χ2n) is 5.85. The monoisotopic (exact) mass is 420 g/mol. The third-order valence-corrected chi connectivity index (χ3v) is 5.17. The van der Waals surface area contributed by atoms with E-state index in [4.69, 9.17) is 0 Å². The van der Waals surface area contributed by atoms with Gasteiger partial charge in [-0.05, 0) is 35.4 Å². The third kappa shape index (κ3) is 6.21. The summed E-state index contributed by atoms with van der Waals surface area (Å²) < 4.78 is 60.1. The number of H-pyrrole nitrogens is 1. The lowest BCUT2D eigenvalue weighted by atomic mass is 9.95. The first-order valence-electron chi connectivity index (χ1n) is 7.55. The van der Waals surface area contributed by atoms with Crippen LogP contribution in [0.5, 0.6) is 0 Å². The number of aromatic amines is 1. The first kappa shape index (κ1) is 21.2. The summed E-state index contributed by atoms with van der Waals surface area (Å²) in [5, 5.41) is -0.598. The minimum atomic E-state index is -4.38. The highest BCUT2D eigenvalue weighted by Gasteiger charge is 2.29. The lowest BCUT2D eigenvalue weighted by molar-refractivity contribution is -0.0328. The molecular weight excluding hydrogens is 405 g/mol. The molecule has 1 heterocycles. The van der Waals surface area contributed by atoms with Crippen LogP contribution in [0.2, 0.25) is 0 Å². The number of nitrogens with zero attached hydrogens (tertiary/aromatic N) is 1. The van der Waals surface area contributed by atoms with Crippen molar-refractivity contribution in [1.29, 1.82) is 0 Å². The Balaban J connectivity index is 2.16. The van der Waals surface area contributed by atoms with Crippen LogP contribution in [0.3, 0.4) is 0 Å². The van der Waals surface area contributed by atoms with Gasteiger partial charge in [-0.25, -0.2) is 13.4 Å². The van der Waals surface area contributed by atoms with Gasteiger partial charge in [0.2, 0.25) is 15.0 Å². The molecule has 0 radical (unpaired) electrons. The standard InChI is InChI=1S/C16H15F3N2O4S2/c1-9(10-3-5-11(6-4-10)26-16(17,18)19)7-13(22)12-8-14(23)21-15(20-12)27(2,24)25/h3-6,8-9H,7H2,1-2H3,(H,20,21,23)/t9-/m0/s1. The van der Waals surface area contributed by atoms with Gasteiger partial charge in [0.05, 0.1) is 0 Å². The van der Waals surface area contributed by atoms with Crippen LogP contribution in [-0.4, -0.2) is 35.9 Å². The van der Waals surface area contributed by atoms with Crippen LogP contribution < -0.4 is 5.56 Å². The lowest BCUT2D eigenvalue weighted by Crippen LogP contribution is -2.19. The van der Waals surface area contributed by atoms with E-state index in [1.165, 1.54) is 24.3 Å². The number of hydrogen-bond donors (Lipinski definition) is 1. The number of benzene rings is 1. The molecule has 0 fully saturated rings. The number of halogens is 3. The van der Waals surface area contributed by atoms with Gasteiger partial charge in [0.1, 0.15) is 5.69 Å². The van der Waals surface area contributed by atoms with Crippen molar-refractivity contribution >= 4 is 27.4 Å². The van der Waals surface area contributed by atoms with Crippen molar-refractivity contribution in [2.24, 2.45) is 0 Å². The normalized spacial score (nSPS) is 13.4. The smallest absolute Gasteiger partial charge is 0.297 e. The summed E-state index contributed by atoms with van der Waals surface area (Å²) in [6, 6.07) is 6.49. The number of carbonyl (C=O) groups is 1. The Bertz CT molecular complexity index is 1000. The van der Waals surface area contributed by atoms with Crippen LogP contribution in [0.4, 0.5) is 13.2 Å². The summed E-state index contributed by atoms with van der Waals surface area (Å²) >= 11 is -0.235. The summed E-state index contributed by atoms with van der Waals surface area (Å²) in [7, 11) is -3.79. The summed E-state index contributed by atoms with van der Waals surface area (Å²) in [5.74, 6) is -0.919. The number of Topliss-reactive ketones (excluding diaryl/α,β-unsaturated/α-hetero) is 1. The summed E-state index contributed by atoms with van der Waals surface area (Å²) in [6.45, 7) is 1.69. The maximum absolute atomic E-state index is 12.4. The van der Waals surface area contributed by atoms with Crippen LogP contribution in [0.15, 0.2) is 45.2 Å². The molecule has 2 rings (SSSR count). The molecule has 0 aliphatic heterocycles. The van der Waals surface area contributed by atoms with E-state index in [1.807, 2.05) is 0 Å². The van der Waals surface area contributed by atoms with Crippen molar-refractivity contribution in [2.45, 2.75) is 34.8 Å². The number of aromatic nitrogens is 2. The van der Waals surface area contributed by atoms with Crippen LogP contribution in [0.25, 0.3) is 0 Å². The molecule has 0 bridgehead atoms. The molecular formula is C16H15F3N2O4S2. The Morgan fingerprint density at radius 1 is 1.26 bits per heavy atom. The lowest BCUT2D eigenvalue weighted by Gasteiger charge is -2.12. The van der Waals surface area contributed by atoms with Crippen LogP contribution in [-0.2, 0) is 9.84 Å². The first-order chi connectivity index (χ1) is 12.3. The molecule has 27 heavy (non-hydrogen) atoms. The molecule has 0 amide bonds. The molecule has 146 valence electrons. The number of sulfone groups is 1. The van der Waals surface area contributed by atoms with Gasteiger partial charge < -0.3 is 0 Å². The minimum absolute atomic E-state index is 0.0267. The van der Waals surface area contributed by atoms with Gasteiger partial charge in [0.25, 0.3) is 5.56 Å². The molecule has 1 aromatic heterocycles. The molecule has 1 atom stereocenters. The van der Waals surface area contributed by atoms with E-state index in [0.717, 1.165) is 12.3 Å². The van der Waals surface area contributed by atoms with E-state index >= 15 is 0 Å². The molecule has 2 aromatic rings. The highest BCUT2D eigenvalue weighted by Crippen LogP contribution is 2.37. The number of thioether (sulfide) groups is 1. The zero-order valence-corrected chi connectivity index (χ0v) is 15.8. The van der Waals surface area contributed by atoms with E-state index < -0.39 is 31.8 Å².